The second-order valence-electron chi connectivity index (χ2n) is 14.2. The van der Waals surface area contributed by atoms with Crippen LogP contribution in [0.2, 0.25) is 0 Å². The van der Waals surface area contributed by atoms with Gasteiger partial charge in [-0.15, -0.1) is 0 Å². The molecule has 7 aromatic carbocycles. The molecule has 54 heavy (non-hydrogen) atoms. The number of aromatic nitrogens is 1. The number of hydrogen-bond donors (Lipinski definition) is 1. The van der Waals surface area contributed by atoms with Gasteiger partial charge in [-0.25, -0.2) is 9.98 Å². The second kappa shape index (κ2) is 13.8. The molecular weight excluding hydrogens is 657 g/mol. The van der Waals surface area contributed by atoms with E-state index in [1.165, 1.54) is 49.0 Å². The van der Waals surface area contributed by atoms with Gasteiger partial charge >= 0.3 is 0 Å². The molecule has 0 bridgehead atoms. The molecule has 0 fully saturated rings. The van der Waals surface area contributed by atoms with Gasteiger partial charge in [0.05, 0.1) is 11.0 Å². The number of hydrogen-bond acceptors (Lipinski definition) is 2. The van der Waals surface area contributed by atoms with E-state index in [0.717, 1.165) is 53.0 Å². The van der Waals surface area contributed by atoms with Crippen molar-refractivity contribution in [3.63, 3.8) is 0 Å². The van der Waals surface area contributed by atoms with E-state index < -0.39 is 5.54 Å². The Bertz CT molecular complexity index is 2800. The lowest BCUT2D eigenvalue weighted by atomic mass is 9.78. The van der Waals surface area contributed by atoms with Crippen molar-refractivity contribution in [2.24, 2.45) is 9.98 Å². The lowest BCUT2D eigenvalue weighted by Gasteiger charge is -2.32. The molecule has 0 saturated carbocycles. The van der Waals surface area contributed by atoms with Crippen LogP contribution in [0.5, 0.6) is 0 Å². The van der Waals surface area contributed by atoms with Crippen LogP contribution < -0.4 is 5.32 Å². The van der Waals surface area contributed by atoms with Gasteiger partial charge in [-0.05, 0) is 102 Å². The summed E-state index contributed by atoms with van der Waals surface area (Å²) in [5.41, 5.74) is 9.43. The minimum Gasteiger partial charge on any atom is -0.355 e. The highest BCUT2D eigenvalue weighted by Gasteiger charge is 2.34. The van der Waals surface area contributed by atoms with E-state index in [-0.39, 0.29) is 0 Å². The standard InChI is InChI=1S/C50H42N4/c1-4-50(37-19-8-5-9-20-37,38-21-10-6-11-22-38)53-49(51-3)36-18-16-25-40(33-36)54-46-32-31-45(52-39-23-12-7-13-24-39)34(2)47(46)44-30-29-42-41-26-15-14-17-35(41)27-28-43(42)48(44)54/h5,7-10,12-33,52H,3-4,6,11H2,1-2H3. The quantitative estimate of drug-likeness (QED) is 0.0958. The minimum atomic E-state index is -0.589. The predicted molar refractivity (Wildman–Crippen MR) is 231 cm³/mol. The Hall–Kier alpha value is -6.52. The zero-order valence-electron chi connectivity index (χ0n) is 30.8. The maximum Gasteiger partial charge on any atom is 0.155 e. The monoisotopic (exact) mass is 698 g/mol. The molecule has 1 aromatic heterocycles. The molecule has 1 aliphatic rings. The Morgan fingerprint density at radius 1 is 0.741 bits per heavy atom. The number of nitrogens with zero attached hydrogens (tertiary/aromatic N) is 3. The maximum atomic E-state index is 5.56. The third-order valence-electron chi connectivity index (χ3n) is 11.2. The molecule has 0 spiro atoms. The molecule has 1 atom stereocenters. The average Bonchev–Trinajstić information content (AvgIpc) is 3.59. The molecule has 0 amide bonds. The Kier molecular flexibility index (Phi) is 8.51. The van der Waals surface area contributed by atoms with Crippen molar-refractivity contribution in [1.82, 2.24) is 4.57 Å². The van der Waals surface area contributed by atoms with Crippen molar-refractivity contribution in [3.05, 3.63) is 186 Å². The zero-order chi connectivity index (χ0) is 36.6. The first kappa shape index (κ1) is 33.3. The van der Waals surface area contributed by atoms with E-state index in [4.69, 9.17) is 4.99 Å². The van der Waals surface area contributed by atoms with Gasteiger partial charge in [-0.3, -0.25) is 0 Å². The van der Waals surface area contributed by atoms with Crippen LogP contribution in [0.3, 0.4) is 0 Å². The van der Waals surface area contributed by atoms with Crippen LogP contribution in [0.25, 0.3) is 49.0 Å². The summed E-state index contributed by atoms with van der Waals surface area (Å²) < 4.78 is 2.43. The maximum absolute atomic E-state index is 5.56. The van der Waals surface area contributed by atoms with Crippen molar-refractivity contribution < 1.29 is 0 Å². The highest BCUT2D eigenvalue weighted by molar-refractivity contribution is 6.24. The highest BCUT2D eigenvalue weighted by Crippen LogP contribution is 2.43. The lowest BCUT2D eigenvalue weighted by Crippen LogP contribution is -2.27. The molecule has 1 heterocycles. The number of para-hydroxylation sites is 1. The molecule has 9 rings (SSSR count). The fraction of sp³-hybridized carbons (Fsp3) is 0.120. The van der Waals surface area contributed by atoms with E-state index in [2.05, 4.69) is 193 Å². The Morgan fingerprint density at radius 2 is 1.50 bits per heavy atom. The van der Waals surface area contributed by atoms with Crippen LogP contribution in [0.15, 0.2) is 179 Å². The molecule has 4 heteroatoms. The number of aryl methyl sites for hydroxylation is 1. The van der Waals surface area contributed by atoms with Crippen molar-refractivity contribution in [3.8, 4) is 5.69 Å². The van der Waals surface area contributed by atoms with Gasteiger partial charge in [-0.2, -0.15) is 0 Å². The van der Waals surface area contributed by atoms with Gasteiger partial charge in [0.25, 0.3) is 0 Å². The molecule has 1 aliphatic carbocycles. The van der Waals surface area contributed by atoms with Crippen LogP contribution in [-0.4, -0.2) is 17.1 Å². The van der Waals surface area contributed by atoms with Gasteiger partial charge < -0.3 is 9.88 Å². The summed E-state index contributed by atoms with van der Waals surface area (Å²) in [5, 5.41) is 11.1. The number of nitrogens with one attached hydrogen (secondary N) is 1. The molecule has 0 saturated heterocycles. The summed E-state index contributed by atoms with van der Waals surface area (Å²) in [7, 11) is 0. The number of aliphatic imine (C=N–C) groups is 2. The first-order chi connectivity index (χ1) is 26.6. The van der Waals surface area contributed by atoms with E-state index in [0.29, 0.717) is 5.84 Å². The Morgan fingerprint density at radius 3 is 2.28 bits per heavy atom. The van der Waals surface area contributed by atoms with Crippen molar-refractivity contribution >= 4 is 67.3 Å². The molecule has 0 radical (unpaired) electrons. The van der Waals surface area contributed by atoms with Gasteiger partial charge in [0.1, 0.15) is 5.54 Å². The lowest BCUT2D eigenvalue weighted by molar-refractivity contribution is 0.517. The van der Waals surface area contributed by atoms with Crippen molar-refractivity contribution in [2.45, 2.75) is 38.6 Å². The van der Waals surface area contributed by atoms with Crippen LogP contribution in [-0.2, 0) is 5.54 Å². The largest absolute Gasteiger partial charge is 0.355 e. The molecule has 262 valence electrons. The number of rotatable bonds is 8. The molecule has 1 N–H and O–H groups in total. The second-order valence-corrected chi connectivity index (χ2v) is 14.2. The van der Waals surface area contributed by atoms with Gasteiger partial charge in [0.2, 0.25) is 0 Å². The zero-order valence-corrected chi connectivity index (χ0v) is 30.8. The Labute approximate surface area is 316 Å². The molecule has 1 unspecified atom stereocenters. The summed E-state index contributed by atoms with van der Waals surface area (Å²) in [6.07, 6.45) is 9.68. The third kappa shape index (κ3) is 5.54. The van der Waals surface area contributed by atoms with E-state index in [9.17, 15) is 0 Å². The number of benzene rings is 7. The smallest absolute Gasteiger partial charge is 0.155 e. The summed E-state index contributed by atoms with van der Waals surface area (Å²) in [4.78, 5) is 10.2. The number of allylic oxidation sites excluding steroid dienone is 2. The first-order valence-corrected chi connectivity index (χ1v) is 18.9. The van der Waals surface area contributed by atoms with Gasteiger partial charge in [-0.1, -0.05) is 134 Å². The van der Waals surface area contributed by atoms with Gasteiger partial charge in [0.15, 0.2) is 5.84 Å². The summed E-state index contributed by atoms with van der Waals surface area (Å²) in [5.74, 6) is 0.629. The minimum absolute atomic E-state index is 0.589. The summed E-state index contributed by atoms with van der Waals surface area (Å²) in [6, 6.07) is 52.0. The fourth-order valence-corrected chi connectivity index (χ4v) is 8.51. The predicted octanol–water partition coefficient (Wildman–Crippen LogP) is 13.2. The third-order valence-corrected chi connectivity index (χ3v) is 11.2. The normalized spacial score (nSPS) is 14.4. The van der Waals surface area contributed by atoms with Crippen LogP contribution in [0.1, 0.15) is 42.9 Å². The van der Waals surface area contributed by atoms with Crippen LogP contribution >= 0.6 is 0 Å². The van der Waals surface area contributed by atoms with Crippen molar-refractivity contribution in [2.75, 3.05) is 5.32 Å². The van der Waals surface area contributed by atoms with Crippen molar-refractivity contribution in [1.29, 1.82) is 0 Å². The number of anilines is 2. The van der Waals surface area contributed by atoms with E-state index in [1.54, 1.807) is 0 Å². The topological polar surface area (TPSA) is 41.7 Å². The van der Waals surface area contributed by atoms with E-state index >= 15 is 0 Å². The van der Waals surface area contributed by atoms with Crippen LogP contribution in [0, 0.1) is 6.92 Å². The average molecular weight is 699 g/mol. The fourth-order valence-electron chi connectivity index (χ4n) is 8.51. The first-order valence-electron chi connectivity index (χ1n) is 18.9. The molecular formula is C50H42N4. The van der Waals surface area contributed by atoms with Crippen LogP contribution in [0.4, 0.5) is 11.4 Å². The Balaban J connectivity index is 1.29. The van der Waals surface area contributed by atoms with E-state index in [1.807, 2.05) is 6.07 Å². The summed E-state index contributed by atoms with van der Waals surface area (Å²) in [6.45, 7) is 8.53. The SMILES string of the molecule is C=NC(=NC(CC)(C1=CCCC=C1)c1ccccc1)c1cccc(-n2c3ccc(Nc4ccccc4)c(C)c3c3ccc4c5ccccc5ccc4c32)c1. The molecule has 8 aromatic rings. The molecule has 4 nitrogen and oxygen atoms in total. The van der Waals surface area contributed by atoms with Gasteiger partial charge in [0, 0.05) is 38.8 Å². The number of fused-ring (bicyclic) bond motifs is 7. The summed E-state index contributed by atoms with van der Waals surface area (Å²) >= 11 is 0. The highest BCUT2D eigenvalue weighted by atomic mass is 15.0. The molecule has 0 aliphatic heterocycles. The number of amidine groups is 1.